The molecule has 150 valence electrons. The van der Waals surface area contributed by atoms with Gasteiger partial charge in [0, 0.05) is 22.8 Å². The van der Waals surface area contributed by atoms with Gasteiger partial charge in [0.2, 0.25) is 0 Å². The maximum Gasteiger partial charge on any atom is 0.119 e. The maximum atomic E-state index is 11.8. The van der Waals surface area contributed by atoms with Crippen LogP contribution in [0.4, 0.5) is 0 Å². The Kier molecular flexibility index (Phi) is 6.99. The molecule has 0 saturated heterocycles. The minimum absolute atomic E-state index is 0.000820. The van der Waals surface area contributed by atoms with Crippen LogP contribution >= 0.6 is 11.6 Å². The van der Waals surface area contributed by atoms with E-state index in [1.807, 2.05) is 63.2 Å². The second-order valence-electron chi connectivity index (χ2n) is 7.14. The lowest BCUT2D eigenvalue weighted by atomic mass is 9.82. The highest BCUT2D eigenvalue weighted by atomic mass is 35.5. The third-order valence-corrected chi connectivity index (χ3v) is 5.33. The van der Waals surface area contributed by atoms with Crippen LogP contribution in [-0.2, 0) is 0 Å². The van der Waals surface area contributed by atoms with Crippen LogP contribution in [0, 0.1) is 18.8 Å². The Balaban J connectivity index is 2.00. The standard InChI is InChI=1S/C24H25ClN2O2/c1-4-29-21-8-5-18(6-9-21)23(22-10-7-20(25)13-16(22)2)15-24(27-28)19-11-12-26-17(3)14-19/h5-14,23-24H,4,15H2,1-3H3. The molecule has 0 bridgehead atoms. The highest BCUT2D eigenvalue weighted by molar-refractivity contribution is 6.30. The Morgan fingerprint density at radius 3 is 2.41 bits per heavy atom. The second-order valence-corrected chi connectivity index (χ2v) is 7.58. The van der Waals surface area contributed by atoms with Gasteiger partial charge in [0.15, 0.2) is 0 Å². The van der Waals surface area contributed by atoms with Crippen LogP contribution in [0.1, 0.15) is 53.3 Å². The molecule has 0 radical (unpaired) electrons. The monoisotopic (exact) mass is 408 g/mol. The van der Waals surface area contributed by atoms with E-state index in [0.717, 1.165) is 33.7 Å². The average molecular weight is 409 g/mol. The Hall–Kier alpha value is -2.72. The van der Waals surface area contributed by atoms with Crippen molar-refractivity contribution in [2.45, 2.75) is 39.2 Å². The van der Waals surface area contributed by atoms with Gasteiger partial charge in [-0.1, -0.05) is 35.0 Å². The largest absolute Gasteiger partial charge is 0.494 e. The summed E-state index contributed by atoms with van der Waals surface area (Å²) in [5.74, 6) is 0.830. The molecule has 1 heterocycles. The van der Waals surface area contributed by atoms with Crippen molar-refractivity contribution in [3.8, 4) is 5.75 Å². The van der Waals surface area contributed by atoms with Crippen LogP contribution < -0.4 is 4.74 Å². The summed E-state index contributed by atoms with van der Waals surface area (Å²) in [5.41, 5.74) is 5.09. The van der Waals surface area contributed by atoms with Crippen molar-refractivity contribution in [2.24, 2.45) is 5.18 Å². The first-order valence-corrected chi connectivity index (χ1v) is 10.1. The zero-order chi connectivity index (χ0) is 20.8. The van der Waals surface area contributed by atoms with Crippen molar-refractivity contribution in [2.75, 3.05) is 6.61 Å². The summed E-state index contributed by atoms with van der Waals surface area (Å²) in [6, 6.07) is 17.3. The minimum Gasteiger partial charge on any atom is -0.494 e. The Morgan fingerprint density at radius 2 is 1.79 bits per heavy atom. The molecule has 0 N–H and O–H groups in total. The molecule has 2 atom stereocenters. The van der Waals surface area contributed by atoms with Gasteiger partial charge in [0.1, 0.15) is 11.8 Å². The average Bonchev–Trinajstić information content (AvgIpc) is 2.71. The molecule has 0 aliphatic rings. The maximum absolute atomic E-state index is 11.8. The summed E-state index contributed by atoms with van der Waals surface area (Å²) in [6.45, 7) is 6.55. The van der Waals surface area contributed by atoms with Crippen LogP contribution in [0.2, 0.25) is 5.02 Å². The molecule has 0 aliphatic heterocycles. The Labute approximate surface area is 176 Å². The van der Waals surface area contributed by atoms with Crippen molar-refractivity contribution in [3.05, 3.63) is 98.7 Å². The molecule has 0 aliphatic carbocycles. The van der Waals surface area contributed by atoms with Crippen LogP contribution in [-0.4, -0.2) is 11.6 Å². The first-order chi connectivity index (χ1) is 14.0. The third kappa shape index (κ3) is 5.21. The predicted molar refractivity (Wildman–Crippen MR) is 118 cm³/mol. The topological polar surface area (TPSA) is 51.5 Å². The molecule has 5 heteroatoms. The number of pyridine rings is 1. The summed E-state index contributed by atoms with van der Waals surface area (Å²) in [5, 5.41) is 4.16. The molecule has 3 aromatic rings. The lowest BCUT2D eigenvalue weighted by Gasteiger charge is -2.23. The number of ether oxygens (including phenoxy) is 1. The molecule has 4 nitrogen and oxygen atoms in total. The second kappa shape index (κ2) is 9.66. The number of hydrogen-bond donors (Lipinski definition) is 0. The summed E-state index contributed by atoms with van der Waals surface area (Å²) >= 11 is 6.18. The van der Waals surface area contributed by atoms with Crippen molar-refractivity contribution in [1.82, 2.24) is 4.98 Å². The number of aromatic nitrogens is 1. The van der Waals surface area contributed by atoms with E-state index in [9.17, 15) is 4.91 Å². The first kappa shape index (κ1) is 21.0. The van der Waals surface area contributed by atoms with Crippen LogP contribution in [0.15, 0.2) is 66.0 Å². The van der Waals surface area contributed by atoms with Crippen molar-refractivity contribution >= 4 is 11.6 Å². The fourth-order valence-corrected chi connectivity index (χ4v) is 3.90. The van der Waals surface area contributed by atoms with Gasteiger partial charge < -0.3 is 4.74 Å². The molecule has 1 aromatic heterocycles. The summed E-state index contributed by atoms with van der Waals surface area (Å²) in [6.07, 6.45) is 2.28. The minimum atomic E-state index is -0.469. The van der Waals surface area contributed by atoms with Gasteiger partial charge in [0.05, 0.1) is 6.61 Å². The molecule has 2 unspecified atom stereocenters. The molecule has 0 saturated carbocycles. The fraction of sp³-hybridized carbons (Fsp3) is 0.292. The van der Waals surface area contributed by atoms with E-state index in [4.69, 9.17) is 16.3 Å². The Morgan fingerprint density at radius 1 is 1.03 bits per heavy atom. The molecule has 0 spiro atoms. The van der Waals surface area contributed by atoms with Gasteiger partial charge in [-0.2, -0.15) is 4.91 Å². The number of nitrogens with zero attached hydrogens (tertiary/aromatic N) is 2. The highest BCUT2D eigenvalue weighted by Gasteiger charge is 2.24. The van der Waals surface area contributed by atoms with Crippen LogP contribution in [0.3, 0.4) is 0 Å². The summed E-state index contributed by atoms with van der Waals surface area (Å²) < 4.78 is 5.58. The van der Waals surface area contributed by atoms with E-state index in [-0.39, 0.29) is 5.92 Å². The predicted octanol–water partition coefficient (Wildman–Crippen LogP) is 6.78. The van der Waals surface area contributed by atoms with Gasteiger partial charge >= 0.3 is 0 Å². The number of aryl methyl sites for hydroxylation is 2. The van der Waals surface area contributed by atoms with Gasteiger partial charge in [-0.15, -0.1) is 0 Å². The molecular formula is C24H25ClN2O2. The van der Waals surface area contributed by atoms with Crippen LogP contribution in [0.25, 0.3) is 0 Å². The van der Waals surface area contributed by atoms with Gasteiger partial charge in [-0.25, -0.2) is 0 Å². The SMILES string of the molecule is CCOc1ccc(C(CC(N=O)c2ccnc(C)c2)c2ccc(Cl)cc2C)cc1. The first-order valence-electron chi connectivity index (χ1n) is 9.75. The Bertz CT molecular complexity index is 973. The lowest BCUT2D eigenvalue weighted by Crippen LogP contribution is -2.09. The molecule has 2 aromatic carbocycles. The number of halogens is 1. The number of rotatable bonds is 8. The lowest BCUT2D eigenvalue weighted by molar-refractivity contribution is 0.340. The highest BCUT2D eigenvalue weighted by Crippen LogP contribution is 2.38. The van der Waals surface area contributed by atoms with E-state index < -0.39 is 6.04 Å². The van der Waals surface area contributed by atoms with E-state index in [2.05, 4.69) is 22.3 Å². The number of hydrogen-bond acceptors (Lipinski definition) is 4. The number of benzene rings is 2. The van der Waals surface area contributed by atoms with Gasteiger partial charge in [0.25, 0.3) is 0 Å². The van der Waals surface area contributed by atoms with Crippen molar-refractivity contribution < 1.29 is 4.74 Å². The van der Waals surface area contributed by atoms with E-state index in [1.165, 1.54) is 0 Å². The molecule has 0 amide bonds. The van der Waals surface area contributed by atoms with E-state index >= 15 is 0 Å². The quantitative estimate of drug-likeness (QED) is 0.386. The zero-order valence-corrected chi connectivity index (χ0v) is 17.7. The van der Waals surface area contributed by atoms with E-state index in [1.54, 1.807) is 6.20 Å². The molecular weight excluding hydrogens is 384 g/mol. The molecule has 3 rings (SSSR count). The van der Waals surface area contributed by atoms with Crippen molar-refractivity contribution in [3.63, 3.8) is 0 Å². The summed E-state index contributed by atoms with van der Waals surface area (Å²) in [7, 11) is 0. The fourth-order valence-electron chi connectivity index (χ4n) is 3.67. The van der Waals surface area contributed by atoms with E-state index in [0.29, 0.717) is 18.1 Å². The molecule has 0 fully saturated rings. The molecule has 29 heavy (non-hydrogen) atoms. The van der Waals surface area contributed by atoms with Crippen molar-refractivity contribution in [1.29, 1.82) is 0 Å². The van der Waals surface area contributed by atoms with Crippen LogP contribution in [0.5, 0.6) is 5.75 Å². The smallest absolute Gasteiger partial charge is 0.119 e. The van der Waals surface area contributed by atoms with Gasteiger partial charge in [-0.05, 0) is 85.8 Å². The third-order valence-electron chi connectivity index (χ3n) is 5.09. The number of nitroso groups, excluding NO2 is 1. The zero-order valence-electron chi connectivity index (χ0n) is 16.9. The normalized spacial score (nSPS) is 13.0. The van der Waals surface area contributed by atoms with Gasteiger partial charge in [-0.3, -0.25) is 4.98 Å². The summed E-state index contributed by atoms with van der Waals surface area (Å²) in [4.78, 5) is 16.0.